The van der Waals surface area contributed by atoms with Gasteiger partial charge >= 0.3 is 0 Å². The minimum Gasteiger partial charge on any atom is -0.344 e. The highest BCUT2D eigenvalue weighted by Gasteiger charge is 2.55. The molecule has 4 saturated carbocycles. The first-order valence-corrected chi connectivity index (χ1v) is 10.8. The van der Waals surface area contributed by atoms with E-state index in [2.05, 4.69) is 16.2 Å². The molecule has 4 aliphatic carbocycles. The van der Waals surface area contributed by atoms with E-state index >= 15 is 0 Å². The molecule has 6 nitrogen and oxygen atoms in total. The number of amides is 3. The average Bonchev–Trinajstić information content (AvgIpc) is 2.69. The number of carbonyl (C=O) groups excluding carboxylic acids is 3. The molecule has 0 aromatic heterocycles. The second kappa shape index (κ2) is 7.81. The maximum Gasteiger partial charge on any atom is 0.269 e. The summed E-state index contributed by atoms with van der Waals surface area (Å²) in [5.74, 6) is 1.19. The second-order valence-electron chi connectivity index (χ2n) is 9.70. The van der Waals surface area contributed by atoms with Gasteiger partial charge in [-0.2, -0.15) is 0 Å². The van der Waals surface area contributed by atoms with Crippen LogP contribution in [0.2, 0.25) is 0 Å². The molecule has 0 saturated heterocycles. The molecule has 1 aromatic rings. The number of carbonyl (C=O) groups is 3. The number of hydrogen-bond acceptors (Lipinski definition) is 3. The molecule has 3 N–H and O–H groups in total. The Hall–Kier alpha value is -2.37. The molecule has 1 atom stereocenters. The van der Waals surface area contributed by atoms with Gasteiger partial charge in [-0.3, -0.25) is 25.2 Å². The quantitative estimate of drug-likeness (QED) is 0.668. The number of nitrogens with one attached hydrogen (secondary N) is 3. The van der Waals surface area contributed by atoms with Gasteiger partial charge in [-0.25, -0.2) is 0 Å². The standard InChI is InChI=1S/C23H31N3O3/c1-14(2)19(21(28)26-25-20(27)18-6-4-3-5-7-18)24-22(29)23-11-15-8-16(12-23)10-17(9-15)13-23/h3-7,14-17,19H,8-13H2,1-2H3,(H,24,29)(H,25,27)(H,26,28). The van der Waals surface area contributed by atoms with Gasteiger partial charge in [-0.05, 0) is 74.3 Å². The highest BCUT2D eigenvalue weighted by molar-refractivity contribution is 5.96. The van der Waals surface area contributed by atoms with Crippen molar-refractivity contribution < 1.29 is 14.4 Å². The Morgan fingerprint density at radius 1 is 0.897 bits per heavy atom. The van der Waals surface area contributed by atoms with Crippen LogP contribution in [-0.2, 0) is 9.59 Å². The fraction of sp³-hybridized carbons (Fsp3) is 0.609. The monoisotopic (exact) mass is 397 g/mol. The predicted molar refractivity (Wildman–Crippen MR) is 109 cm³/mol. The van der Waals surface area contributed by atoms with E-state index < -0.39 is 6.04 Å². The van der Waals surface area contributed by atoms with E-state index in [9.17, 15) is 14.4 Å². The fourth-order valence-corrected chi connectivity index (χ4v) is 6.08. The minimum atomic E-state index is -0.674. The first-order valence-electron chi connectivity index (χ1n) is 10.8. The summed E-state index contributed by atoms with van der Waals surface area (Å²) < 4.78 is 0. The van der Waals surface area contributed by atoms with Crippen LogP contribution in [0.1, 0.15) is 62.7 Å². The van der Waals surface area contributed by atoms with Crippen LogP contribution in [0, 0.1) is 29.1 Å². The van der Waals surface area contributed by atoms with Gasteiger partial charge in [0.25, 0.3) is 11.8 Å². The third-order valence-corrected chi connectivity index (χ3v) is 7.09. The number of benzene rings is 1. The molecule has 0 spiro atoms. The summed E-state index contributed by atoms with van der Waals surface area (Å²) in [4.78, 5) is 38.2. The van der Waals surface area contributed by atoms with Crippen molar-refractivity contribution in [3.05, 3.63) is 35.9 Å². The average molecular weight is 398 g/mol. The van der Waals surface area contributed by atoms with Gasteiger partial charge in [0.15, 0.2) is 0 Å². The van der Waals surface area contributed by atoms with Gasteiger partial charge in [-0.1, -0.05) is 32.0 Å². The van der Waals surface area contributed by atoms with Crippen LogP contribution in [0.5, 0.6) is 0 Å². The second-order valence-corrected chi connectivity index (χ2v) is 9.70. The Balaban J connectivity index is 1.38. The van der Waals surface area contributed by atoms with Crippen molar-refractivity contribution in [1.29, 1.82) is 0 Å². The van der Waals surface area contributed by atoms with Crippen LogP contribution in [-0.4, -0.2) is 23.8 Å². The van der Waals surface area contributed by atoms with E-state index in [1.807, 2.05) is 19.9 Å². The topological polar surface area (TPSA) is 87.3 Å². The predicted octanol–water partition coefficient (Wildman–Crippen LogP) is 2.80. The molecule has 29 heavy (non-hydrogen) atoms. The third kappa shape index (κ3) is 4.02. The Morgan fingerprint density at radius 2 is 1.45 bits per heavy atom. The molecule has 156 valence electrons. The molecule has 0 heterocycles. The van der Waals surface area contributed by atoms with E-state index in [1.54, 1.807) is 24.3 Å². The van der Waals surface area contributed by atoms with E-state index in [1.165, 1.54) is 19.3 Å². The summed E-state index contributed by atoms with van der Waals surface area (Å²) in [6.45, 7) is 3.81. The smallest absolute Gasteiger partial charge is 0.269 e. The van der Waals surface area contributed by atoms with Crippen molar-refractivity contribution in [2.45, 2.75) is 58.4 Å². The maximum atomic E-state index is 13.3. The normalized spacial score (nSPS) is 30.7. The molecule has 0 aliphatic heterocycles. The van der Waals surface area contributed by atoms with Crippen LogP contribution < -0.4 is 16.2 Å². The zero-order valence-electron chi connectivity index (χ0n) is 17.2. The summed E-state index contributed by atoms with van der Waals surface area (Å²) in [6.07, 6.45) is 6.69. The molecule has 4 aliphatic rings. The molecule has 4 bridgehead atoms. The van der Waals surface area contributed by atoms with Crippen LogP contribution in [0.3, 0.4) is 0 Å². The minimum absolute atomic E-state index is 0.0276. The van der Waals surface area contributed by atoms with Crippen molar-refractivity contribution in [3.63, 3.8) is 0 Å². The van der Waals surface area contributed by atoms with Gasteiger partial charge in [0.1, 0.15) is 6.04 Å². The first-order chi connectivity index (χ1) is 13.9. The molecule has 5 rings (SSSR count). The Morgan fingerprint density at radius 3 is 1.97 bits per heavy atom. The lowest BCUT2D eigenvalue weighted by atomic mass is 9.49. The summed E-state index contributed by atoms with van der Waals surface area (Å²) in [5, 5.41) is 3.03. The summed E-state index contributed by atoms with van der Waals surface area (Å²) >= 11 is 0. The molecular formula is C23H31N3O3. The Labute approximate surface area is 172 Å². The highest BCUT2D eigenvalue weighted by Crippen LogP contribution is 2.60. The van der Waals surface area contributed by atoms with E-state index in [4.69, 9.17) is 0 Å². The third-order valence-electron chi connectivity index (χ3n) is 7.09. The van der Waals surface area contributed by atoms with Crippen LogP contribution in [0.15, 0.2) is 30.3 Å². The zero-order chi connectivity index (χ0) is 20.6. The molecular weight excluding hydrogens is 366 g/mol. The number of hydrogen-bond donors (Lipinski definition) is 3. The highest BCUT2D eigenvalue weighted by atomic mass is 16.2. The maximum absolute atomic E-state index is 13.3. The summed E-state index contributed by atoms with van der Waals surface area (Å²) in [7, 11) is 0. The van der Waals surface area contributed by atoms with E-state index in [0.717, 1.165) is 19.3 Å². The molecule has 6 heteroatoms. The van der Waals surface area contributed by atoms with Crippen molar-refractivity contribution >= 4 is 17.7 Å². The lowest BCUT2D eigenvalue weighted by molar-refractivity contribution is -0.149. The van der Waals surface area contributed by atoms with Gasteiger partial charge < -0.3 is 5.32 Å². The molecule has 0 radical (unpaired) electrons. The van der Waals surface area contributed by atoms with Gasteiger partial charge in [-0.15, -0.1) is 0 Å². The van der Waals surface area contributed by atoms with Crippen LogP contribution >= 0.6 is 0 Å². The zero-order valence-corrected chi connectivity index (χ0v) is 17.2. The largest absolute Gasteiger partial charge is 0.344 e. The Bertz CT molecular complexity index is 755. The van der Waals surface area contributed by atoms with Crippen molar-refractivity contribution in [3.8, 4) is 0 Å². The molecule has 3 amide bonds. The molecule has 1 unspecified atom stereocenters. The van der Waals surface area contributed by atoms with Crippen LogP contribution in [0.25, 0.3) is 0 Å². The lowest BCUT2D eigenvalue weighted by Gasteiger charge is -2.55. The van der Waals surface area contributed by atoms with E-state index in [0.29, 0.717) is 23.3 Å². The van der Waals surface area contributed by atoms with Crippen molar-refractivity contribution in [1.82, 2.24) is 16.2 Å². The fourth-order valence-electron chi connectivity index (χ4n) is 6.08. The first kappa shape index (κ1) is 19.9. The summed E-state index contributed by atoms with van der Waals surface area (Å²) in [5.41, 5.74) is 5.11. The molecule has 4 fully saturated rings. The van der Waals surface area contributed by atoms with Gasteiger partial charge in [0, 0.05) is 11.0 Å². The summed E-state index contributed by atoms with van der Waals surface area (Å²) in [6, 6.07) is 8.03. The number of hydrazine groups is 1. The SMILES string of the molecule is CC(C)C(NC(=O)C12CC3CC(CC(C3)C1)C2)C(=O)NNC(=O)c1ccccc1. The molecule has 1 aromatic carbocycles. The Kier molecular flexibility index (Phi) is 5.36. The lowest BCUT2D eigenvalue weighted by Crippen LogP contribution is -2.59. The number of rotatable bonds is 5. The van der Waals surface area contributed by atoms with Gasteiger partial charge in [0.2, 0.25) is 5.91 Å². The van der Waals surface area contributed by atoms with Crippen molar-refractivity contribution in [2.24, 2.45) is 29.1 Å². The van der Waals surface area contributed by atoms with Gasteiger partial charge in [0.05, 0.1) is 0 Å². The van der Waals surface area contributed by atoms with Crippen molar-refractivity contribution in [2.75, 3.05) is 0 Å². The van der Waals surface area contributed by atoms with Crippen LogP contribution in [0.4, 0.5) is 0 Å². The van der Waals surface area contributed by atoms with E-state index in [-0.39, 0.29) is 29.1 Å².